The summed E-state index contributed by atoms with van der Waals surface area (Å²) in [4.78, 5) is 23.7. The van der Waals surface area contributed by atoms with Gasteiger partial charge in [-0.1, -0.05) is 37.5 Å². The molecule has 1 aromatic carbocycles. The Bertz CT molecular complexity index is 526. The van der Waals surface area contributed by atoms with E-state index < -0.39 is 17.9 Å². The van der Waals surface area contributed by atoms with E-state index in [1.165, 1.54) is 0 Å². The molecule has 0 saturated carbocycles. The van der Waals surface area contributed by atoms with Crippen LogP contribution in [0.4, 0.5) is 0 Å². The minimum Gasteiger partial charge on any atom is -0.461 e. The molecule has 0 spiro atoms. The van der Waals surface area contributed by atoms with Crippen molar-refractivity contribution in [1.82, 2.24) is 5.32 Å². The molecule has 1 atom stereocenters. The van der Waals surface area contributed by atoms with E-state index >= 15 is 0 Å². The molecule has 0 radical (unpaired) electrons. The Labute approximate surface area is 125 Å². The fourth-order valence-corrected chi connectivity index (χ4v) is 1.70. The predicted octanol–water partition coefficient (Wildman–Crippen LogP) is 2.27. The van der Waals surface area contributed by atoms with Crippen LogP contribution in [0.25, 0.3) is 0 Å². The van der Waals surface area contributed by atoms with E-state index in [2.05, 4.69) is 17.2 Å². The Morgan fingerprint density at radius 3 is 2.48 bits per heavy atom. The van der Waals surface area contributed by atoms with Crippen molar-refractivity contribution in [1.29, 1.82) is 0 Å². The first-order chi connectivity index (χ1) is 10.0. The van der Waals surface area contributed by atoms with E-state index in [1.807, 2.05) is 37.3 Å². The van der Waals surface area contributed by atoms with Gasteiger partial charge in [-0.05, 0) is 32.4 Å². The molecular weight excluding hydrogens is 266 g/mol. The van der Waals surface area contributed by atoms with E-state index in [4.69, 9.17) is 4.74 Å². The van der Waals surface area contributed by atoms with E-state index in [0.717, 1.165) is 12.0 Å². The zero-order valence-electron chi connectivity index (χ0n) is 12.7. The van der Waals surface area contributed by atoms with E-state index in [0.29, 0.717) is 6.42 Å². The highest BCUT2D eigenvalue weighted by Crippen LogP contribution is 2.02. The van der Waals surface area contributed by atoms with Gasteiger partial charge in [0.15, 0.2) is 0 Å². The molecule has 0 aliphatic rings. The third-order valence-corrected chi connectivity index (χ3v) is 2.61. The molecule has 0 heterocycles. The summed E-state index contributed by atoms with van der Waals surface area (Å²) in [6.07, 6.45) is 1.10. The molecule has 0 aliphatic carbocycles. The molecule has 112 valence electrons. The topological polar surface area (TPSA) is 55.4 Å². The van der Waals surface area contributed by atoms with E-state index in [-0.39, 0.29) is 6.10 Å². The summed E-state index contributed by atoms with van der Waals surface area (Å²) in [5, 5.41) is 2.61. The van der Waals surface area contributed by atoms with Gasteiger partial charge >= 0.3 is 5.97 Å². The second kappa shape index (κ2) is 8.80. The Hall–Kier alpha value is -2.28. The lowest BCUT2D eigenvalue weighted by Crippen LogP contribution is -2.42. The highest BCUT2D eigenvalue weighted by atomic mass is 16.5. The van der Waals surface area contributed by atoms with Crippen LogP contribution in [0.5, 0.6) is 0 Å². The van der Waals surface area contributed by atoms with Crippen LogP contribution >= 0.6 is 0 Å². The summed E-state index contributed by atoms with van der Waals surface area (Å²) in [5.41, 5.74) is 0.754. The molecule has 0 fully saturated rings. The van der Waals surface area contributed by atoms with E-state index in [9.17, 15) is 9.59 Å². The standard InChI is InChI=1S/C17H21NO3/c1-4-8-15(17(20)21-13(2)3)18-16(19)12-11-14-9-6-5-7-10-14/h5-7,9-10,13,15H,4,8H2,1-3H3,(H,18,19)/t15-/m0/s1. The first-order valence-corrected chi connectivity index (χ1v) is 7.11. The van der Waals surface area contributed by atoms with Crippen molar-refractivity contribution in [2.45, 2.75) is 45.8 Å². The van der Waals surface area contributed by atoms with Crippen LogP contribution in [0.1, 0.15) is 39.2 Å². The minimum atomic E-state index is -0.644. The molecule has 0 aliphatic heterocycles. The van der Waals surface area contributed by atoms with Crippen molar-refractivity contribution in [3.05, 3.63) is 35.9 Å². The Kier molecular flexibility index (Phi) is 7.03. The van der Waals surface area contributed by atoms with Gasteiger partial charge in [0.05, 0.1) is 6.10 Å². The van der Waals surface area contributed by atoms with Crippen molar-refractivity contribution in [3.63, 3.8) is 0 Å². The third kappa shape index (κ3) is 6.62. The molecule has 4 heteroatoms. The maximum Gasteiger partial charge on any atom is 0.328 e. The summed E-state index contributed by atoms with van der Waals surface area (Å²) >= 11 is 0. The van der Waals surface area contributed by atoms with Crippen LogP contribution in [0.3, 0.4) is 0 Å². The van der Waals surface area contributed by atoms with Gasteiger partial charge in [0, 0.05) is 11.5 Å². The molecule has 0 aromatic heterocycles. The lowest BCUT2D eigenvalue weighted by atomic mass is 10.1. The summed E-state index contributed by atoms with van der Waals surface area (Å²) in [7, 11) is 0. The Morgan fingerprint density at radius 1 is 1.24 bits per heavy atom. The van der Waals surface area contributed by atoms with Gasteiger partial charge in [-0.3, -0.25) is 4.79 Å². The Morgan fingerprint density at radius 2 is 1.90 bits per heavy atom. The molecule has 0 saturated heterocycles. The third-order valence-electron chi connectivity index (χ3n) is 2.61. The van der Waals surface area contributed by atoms with Crippen molar-refractivity contribution in [2.75, 3.05) is 0 Å². The summed E-state index contributed by atoms with van der Waals surface area (Å²) < 4.78 is 5.13. The summed E-state index contributed by atoms with van der Waals surface area (Å²) in [6, 6.07) is 8.57. The van der Waals surface area contributed by atoms with Crippen LogP contribution in [-0.4, -0.2) is 24.0 Å². The highest BCUT2D eigenvalue weighted by Gasteiger charge is 2.21. The Balaban J connectivity index is 2.65. The number of benzene rings is 1. The number of esters is 1. The van der Waals surface area contributed by atoms with E-state index in [1.54, 1.807) is 13.8 Å². The van der Waals surface area contributed by atoms with Crippen LogP contribution < -0.4 is 5.32 Å². The van der Waals surface area contributed by atoms with Gasteiger partial charge in [0.25, 0.3) is 5.91 Å². The number of hydrogen-bond acceptors (Lipinski definition) is 3. The molecule has 21 heavy (non-hydrogen) atoms. The number of hydrogen-bond donors (Lipinski definition) is 1. The molecule has 1 N–H and O–H groups in total. The lowest BCUT2D eigenvalue weighted by molar-refractivity contribution is -0.151. The number of nitrogens with one attached hydrogen (secondary N) is 1. The van der Waals surface area contributed by atoms with Crippen molar-refractivity contribution in [3.8, 4) is 11.8 Å². The van der Waals surface area contributed by atoms with Crippen LogP contribution in [0, 0.1) is 11.8 Å². The minimum absolute atomic E-state index is 0.204. The maximum atomic E-state index is 11.9. The average molecular weight is 287 g/mol. The van der Waals surface area contributed by atoms with Crippen LogP contribution in [0.2, 0.25) is 0 Å². The summed E-state index contributed by atoms with van der Waals surface area (Å²) in [5.74, 6) is 4.36. The zero-order chi connectivity index (χ0) is 15.7. The number of carbonyl (C=O) groups is 2. The maximum absolute atomic E-state index is 11.9. The smallest absolute Gasteiger partial charge is 0.328 e. The molecular formula is C17H21NO3. The van der Waals surface area contributed by atoms with Gasteiger partial charge in [0.1, 0.15) is 6.04 Å². The number of amides is 1. The number of ether oxygens (including phenoxy) is 1. The second-order valence-electron chi connectivity index (χ2n) is 4.92. The molecule has 1 amide bonds. The van der Waals surface area contributed by atoms with Crippen LogP contribution in [0.15, 0.2) is 30.3 Å². The normalized spacial score (nSPS) is 11.2. The molecule has 1 aromatic rings. The molecule has 0 unspecified atom stereocenters. The number of carbonyl (C=O) groups excluding carboxylic acids is 2. The first kappa shape index (κ1) is 16.8. The van der Waals surface area contributed by atoms with Gasteiger partial charge in [-0.25, -0.2) is 4.79 Å². The quantitative estimate of drug-likeness (QED) is 0.667. The van der Waals surface area contributed by atoms with Crippen LogP contribution in [-0.2, 0) is 14.3 Å². The van der Waals surface area contributed by atoms with Gasteiger partial charge in [-0.15, -0.1) is 0 Å². The lowest BCUT2D eigenvalue weighted by Gasteiger charge is -2.17. The number of rotatable bonds is 5. The largest absolute Gasteiger partial charge is 0.461 e. The molecule has 0 bridgehead atoms. The summed E-state index contributed by atoms with van der Waals surface area (Å²) in [6.45, 7) is 5.49. The highest BCUT2D eigenvalue weighted by molar-refractivity contribution is 5.96. The molecule has 1 rings (SSSR count). The SMILES string of the molecule is CCC[C@H](NC(=O)C#Cc1ccccc1)C(=O)OC(C)C. The predicted molar refractivity (Wildman–Crippen MR) is 81.4 cm³/mol. The fourth-order valence-electron chi connectivity index (χ4n) is 1.70. The van der Waals surface area contributed by atoms with Crippen molar-refractivity contribution in [2.24, 2.45) is 0 Å². The van der Waals surface area contributed by atoms with Crippen molar-refractivity contribution >= 4 is 11.9 Å². The monoisotopic (exact) mass is 287 g/mol. The fraction of sp³-hybridized carbons (Fsp3) is 0.412. The zero-order valence-corrected chi connectivity index (χ0v) is 12.7. The first-order valence-electron chi connectivity index (χ1n) is 7.11. The second-order valence-corrected chi connectivity index (χ2v) is 4.92. The van der Waals surface area contributed by atoms with Crippen molar-refractivity contribution < 1.29 is 14.3 Å². The van der Waals surface area contributed by atoms with Gasteiger partial charge in [0.2, 0.25) is 0 Å². The average Bonchev–Trinajstić information content (AvgIpc) is 2.45. The van der Waals surface area contributed by atoms with Gasteiger partial charge < -0.3 is 10.1 Å². The molecule has 4 nitrogen and oxygen atoms in total. The van der Waals surface area contributed by atoms with Gasteiger partial charge in [-0.2, -0.15) is 0 Å².